The Kier molecular flexibility index (Phi) is 13.7. The molecule has 0 aliphatic carbocycles. The number of pyridine rings is 1. The maximum atomic E-state index is 14.4. The van der Waals surface area contributed by atoms with Crippen LogP contribution >= 0.6 is 23.4 Å². The number of aromatic nitrogens is 2. The topological polar surface area (TPSA) is 171 Å². The van der Waals surface area contributed by atoms with Gasteiger partial charge >= 0.3 is 0 Å². The molecule has 0 fully saturated rings. The summed E-state index contributed by atoms with van der Waals surface area (Å²) in [5.41, 5.74) is 15.2. The quantitative estimate of drug-likeness (QED) is 0.104. The van der Waals surface area contributed by atoms with Crippen LogP contribution in [-0.2, 0) is 33.9 Å². The molecule has 3 heterocycles. The van der Waals surface area contributed by atoms with Crippen molar-refractivity contribution in [1.29, 1.82) is 0 Å². The number of nitrogens with zero attached hydrogens (tertiary/aromatic N) is 2. The molecule has 4 aromatic rings. The predicted octanol–water partition coefficient (Wildman–Crippen LogP) is 4.27. The SMILES string of the molecule is CN1C(=O)[C@H](CCCCN)NC(=O)[C@H](CCCCN)NCc2ccccc2Sc2cnc(Cl)cc2CNC(=O)[C@@H]1Cc1c[nH]c2ccccc12. The zero-order valence-electron chi connectivity index (χ0n) is 28.4. The van der Waals surface area contributed by atoms with Crippen LogP contribution in [0.2, 0.25) is 5.15 Å². The van der Waals surface area contributed by atoms with Crippen LogP contribution in [0.25, 0.3) is 10.9 Å². The van der Waals surface area contributed by atoms with E-state index in [4.69, 9.17) is 23.1 Å². The van der Waals surface area contributed by atoms with Crippen LogP contribution in [0.4, 0.5) is 0 Å². The normalized spacial score (nSPS) is 19.4. The van der Waals surface area contributed by atoms with Crippen molar-refractivity contribution in [3.63, 3.8) is 0 Å². The van der Waals surface area contributed by atoms with Gasteiger partial charge in [0.25, 0.3) is 0 Å². The number of benzene rings is 2. The summed E-state index contributed by atoms with van der Waals surface area (Å²) >= 11 is 7.89. The Morgan fingerprint density at radius 2 is 1.60 bits per heavy atom. The Labute approximate surface area is 302 Å². The van der Waals surface area contributed by atoms with Crippen LogP contribution < -0.4 is 27.4 Å². The summed E-state index contributed by atoms with van der Waals surface area (Å²) < 4.78 is 0. The average molecular weight is 719 g/mol. The van der Waals surface area contributed by atoms with Crippen molar-refractivity contribution in [3.8, 4) is 0 Å². The van der Waals surface area contributed by atoms with Gasteiger partial charge in [0.2, 0.25) is 17.7 Å². The third-order valence-corrected chi connectivity index (χ3v) is 10.5. The maximum absolute atomic E-state index is 14.4. The third kappa shape index (κ3) is 9.64. The minimum Gasteiger partial charge on any atom is -0.361 e. The smallest absolute Gasteiger partial charge is 0.245 e. The first-order valence-electron chi connectivity index (χ1n) is 17.2. The number of nitrogens with one attached hydrogen (secondary N) is 4. The van der Waals surface area contributed by atoms with Gasteiger partial charge in [-0.1, -0.05) is 66.2 Å². The number of H-pyrrole nitrogens is 1. The number of para-hydroxylation sites is 1. The number of carbonyl (C=O) groups excluding carboxylic acids is 3. The molecule has 50 heavy (non-hydrogen) atoms. The molecule has 0 spiro atoms. The van der Waals surface area contributed by atoms with Crippen LogP contribution in [0.15, 0.2) is 76.8 Å². The van der Waals surface area contributed by atoms with E-state index in [1.54, 1.807) is 19.3 Å². The fourth-order valence-corrected chi connectivity index (χ4v) is 7.44. The van der Waals surface area contributed by atoms with E-state index < -0.39 is 18.1 Å². The lowest BCUT2D eigenvalue weighted by Crippen LogP contribution is -2.57. The van der Waals surface area contributed by atoms with Crippen molar-refractivity contribution in [2.75, 3.05) is 20.1 Å². The van der Waals surface area contributed by atoms with Crippen molar-refractivity contribution in [2.45, 2.75) is 86.0 Å². The van der Waals surface area contributed by atoms with E-state index in [0.29, 0.717) is 50.5 Å². The fraction of sp³-hybridized carbons (Fsp3) is 0.405. The number of aromatic amines is 1. The molecular formula is C37H47ClN8O3S. The van der Waals surface area contributed by atoms with E-state index in [2.05, 4.69) is 25.9 Å². The summed E-state index contributed by atoms with van der Waals surface area (Å²) in [5, 5.41) is 10.9. The van der Waals surface area contributed by atoms with Crippen LogP contribution in [0, 0.1) is 0 Å². The Bertz CT molecular complexity index is 1770. The summed E-state index contributed by atoms with van der Waals surface area (Å²) in [6.07, 6.45) is 7.65. The van der Waals surface area contributed by atoms with Gasteiger partial charge in [-0.05, 0) is 80.1 Å². The highest BCUT2D eigenvalue weighted by Crippen LogP contribution is 2.34. The Balaban J connectivity index is 1.55. The maximum Gasteiger partial charge on any atom is 0.245 e. The average Bonchev–Trinajstić information content (AvgIpc) is 3.53. The zero-order chi connectivity index (χ0) is 35.5. The van der Waals surface area contributed by atoms with Crippen molar-refractivity contribution >= 4 is 52.0 Å². The summed E-state index contributed by atoms with van der Waals surface area (Å²) in [6, 6.07) is 15.3. The van der Waals surface area contributed by atoms with Crippen LogP contribution in [0.5, 0.6) is 0 Å². The molecule has 5 rings (SSSR count). The zero-order valence-corrected chi connectivity index (χ0v) is 30.0. The van der Waals surface area contributed by atoms with Gasteiger partial charge in [-0.25, -0.2) is 4.98 Å². The highest BCUT2D eigenvalue weighted by Gasteiger charge is 2.34. The standard InChI is InChI=1S/C37H47ClN8O3S/c1-46-31(18-25-21-41-28-12-4-3-11-27(25)28)36(48)44-22-26-19-34(38)43-23-33(26)50-32-15-5-2-10-24(32)20-42-29(13-6-8-16-39)35(47)45-30(37(46)49)14-7-9-17-40/h2-5,10-12,15,19,21,23,29-31,41-42H,6-9,13-14,16-18,20,22,39-40H2,1H3,(H,44,48)(H,45,47)/t29-,30-,31-/m0/s1. The largest absolute Gasteiger partial charge is 0.361 e. The minimum absolute atomic E-state index is 0.177. The highest BCUT2D eigenvalue weighted by molar-refractivity contribution is 7.99. The van der Waals surface area contributed by atoms with Gasteiger partial charge in [-0.2, -0.15) is 0 Å². The molecule has 266 valence electrons. The Hall–Kier alpha value is -3.94. The molecule has 3 amide bonds. The second-order valence-electron chi connectivity index (χ2n) is 12.6. The molecular weight excluding hydrogens is 672 g/mol. The molecule has 3 atom stereocenters. The number of amides is 3. The lowest BCUT2D eigenvalue weighted by atomic mass is 10.0. The number of hydrogen-bond donors (Lipinski definition) is 6. The van der Waals surface area contributed by atoms with Crippen molar-refractivity contribution < 1.29 is 14.4 Å². The number of unbranched alkanes of at least 4 members (excludes halogenated alkanes) is 2. The molecule has 11 nitrogen and oxygen atoms in total. The molecule has 0 bridgehead atoms. The van der Waals surface area contributed by atoms with E-state index >= 15 is 0 Å². The van der Waals surface area contributed by atoms with Gasteiger partial charge < -0.3 is 37.3 Å². The van der Waals surface area contributed by atoms with E-state index in [1.807, 2.05) is 54.7 Å². The molecule has 8 N–H and O–H groups in total. The number of carbonyl (C=O) groups is 3. The Morgan fingerprint density at radius 3 is 2.38 bits per heavy atom. The fourth-order valence-electron chi connectivity index (χ4n) is 6.24. The molecule has 1 aliphatic rings. The van der Waals surface area contributed by atoms with Crippen LogP contribution in [0.1, 0.15) is 55.2 Å². The second kappa shape index (κ2) is 18.3. The van der Waals surface area contributed by atoms with Gasteiger partial charge in [0.1, 0.15) is 17.2 Å². The third-order valence-electron chi connectivity index (χ3n) is 9.13. The summed E-state index contributed by atoms with van der Waals surface area (Å²) in [6.45, 7) is 1.60. The first kappa shape index (κ1) is 37.3. The van der Waals surface area contributed by atoms with Gasteiger partial charge in [-0.15, -0.1) is 0 Å². The number of fused-ring (bicyclic) bond motifs is 3. The van der Waals surface area contributed by atoms with E-state index in [9.17, 15) is 14.4 Å². The Morgan fingerprint density at radius 1 is 0.880 bits per heavy atom. The first-order valence-corrected chi connectivity index (χ1v) is 18.4. The molecule has 2 aromatic heterocycles. The van der Waals surface area contributed by atoms with Gasteiger partial charge in [0, 0.05) is 59.6 Å². The molecule has 13 heteroatoms. The first-order chi connectivity index (χ1) is 24.3. The van der Waals surface area contributed by atoms with Gasteiger partial charge in [0.05, 0.1) is 6.04 Å². The van der Waals surface area contributed by atoms with Crippen molar-refractivity contribution in [2.24, 2.45) is 11.5 Å². The number of likely N-dealkylation sites (N-methyl/N-ethyl adjacent to an activating group) is 1. The molecule has 2 aromatic carbocycles. The molecule has 1 aliphatic heterocycles. The highest BCUT2D eigenvalue weighted by atomic mass is 35.5. The van der Waals surface area contributed by atoms with Gasteiger partial charge in [-0.3, -0.25) is 14.4 Å². The van der Waals surface area contributed by atoms with Crippen molar-refractivity contribution in [1.82, 2.24) is 30.8 Å². The monoisotopic (exact) mass is 718 g/mol. The lowest BCUT2D eigenvalue weighted by molar-refractivity contribution is -0.142. The minimum atomic E-state index is -0.876. The number of hydrogen-bond acceptors (Lipinski definition) is 8. The van der Waals surface area contributed by atoms with E-state index in [0.717, 1.165) is 50.2 Å². The number of nitrogens with two attached hydrogens (primary N) is 2. The molecule has 0 unspecified atom stereocenters. The predicted molar refractivity (Wildman–Crippen MR) is 199 cm³/mol. The van der Waals surface area contributed by atoms with E-state index in [-0.39, 0.29) is 30.7 Å². The molecule has 0 radical (unpaired) electrons. The number of rotatable bonds is 10. The van der Waals surface area contributed by atoms with E-state index in [1.165, 1.54) is 16.7 Å². The summed E-state index contributed by atoms with van der Waals surface area (Å²) in [4.78, 5) is 53.5. The summed E-state index contributed by atoms with van der Waals surface area (Å²) in [7, 11) is 1.63. The summed E-state index contributed by atoms with van der Waals surface area (Å²) in [5.74, 6) is -0.931. The lowest BCUT2D eigenvalue weighted by Gasteiger charge is -2.32. The molecule has 0 saturated carbocycles. The molecule has 0 saturated heterocycles. The second-order valence-corrected chi connectivity index (χ2v) is 14.1. The van der Waals surface area contributed by atoms with Crippen LogP contribution in [0.3, 0.4) is 0 Å². The van der Waals surface area contributed by atoms with Crippen molar-refractivity contribution in [3.05, 3.63) is 88.8 Å². The van der Waals surface area contributed by atoms with Crippen LogP contribution in [-0.4, -0.2) is 70.9 Å². The van der Waals surface area contributed by atoms with Gasteiger partial charge in [0.15, 0.2) is 0 Å². The number of halogens is 1.